The summed E-state index contributed by atoms with van der Waals surface area (Å²) in [6.45, 7) is 0. The minimum absolute atomic E-state index is 0.326. The first kappa shape index (κ1) is 11.2. The Morgan fingerprint density at radius 1 is 1.31 bits per heavy atom. The van der Waals surface area contributed by atoms with E-state index in [1.54, 1.807) is 6.07 Å². The third-order valence-electron chi connectivity index (χ3n) is 3.40. The zero-order valence-corrected chi connectivity index (χ0v) is 9.63. The van der Waals surface area contributed by atoms with Crippen molar-refractivity contribution in [1.29, 1.82) is 5.26 Å². The minimum Gasteiger partial charge on any atom is -0.280 e. The Bertz CT molecular complexity index is 455. The fourth-order valence-corrected chi connectivity index (χ4v) is 2.84. The van der Waals surface area contributed by atoms with E-state index in [1.165, 1.54) is 0 Å². The summed E-state index contributed by atoms with van der Waals surface area (Å²) in [4.78, 5) is 11.7. The summed E-state index contributed by atoms with van der Waals surface area (Å²) >= 11 is 5.76. The molecule has 1 saturated carbocycles. The Kier molecular flexibility index (Phi) is 2.98. The van der Waals surface area contributed by atoms with Gasteiger partial charge in [-0.2, -0.15) is 5.26 Å². The van der Waals surface area contributed by atoms with Crippen LogP contribution in [0.15, 0.2) is 24.3 Å². The van der Waals surface area contributed by atoms with Crippen LogP contribution in [-0.4, -0.2) is 5.24 Å². The normalized spacial score (nSPS) is 18.0. The maximum atomic E-state index is 11.7. The maximum Gasteiger partial charge on any atom is 0.232 e. The van der Waals surface area contributed by atoms with Gasteiger partial charge < -0.3 is 0 Å². The van der Waals surface area contributed by atoms with Crippen LogP contribution in [0.5, 0.6) is 0 Å². The number of benzene rings is 1. The van der Waals surface area contributed by atoms with E-state index in [4.69, 9.17) is 16.9 Å². The average molecular weight is 234 g/mol. The molecule has 0 aliphatic heterocycles. The predicted octanol–water partition coefficient (Wildman–Crippen LogP) is 3.14. The Morgan fingerprint density at radius 3 is 2.50 bits per heavy atom. The molecule has 1 aliphatic rings. The van der Waals surface area contributed by atoms with Gasteiger partial charge in [-0.3, -0.25) is 4.79 Å². The van der Waals surface area contributed by atoms with Crippen LogP contribution in [0.25, 0.3) is 0 Å². The Hall–Kier alpha value is -1.33. The van der Waals surface area contributed by atoms with Crippen molar-refractivity contribution in [2.45, 2.75) is 31.1 Å². The molecule has 1 aliphatic carbocycles. The second-order valence-corrected chi connectivity index (χ2v) is 4.56. The molecule has 0 aromatic heterocycles. The van der Waals surface area contributed by atoms with Gasteiger partial charge in [0.25, 0.3) is 0 Å². The van der Waals surface area contributed by atoms with Crippen molar-refractivity contribution in [1.82, 2.24) is 0 Å². The molecular formula is C13H12ClNO. The molecule has 3 heteroatoms. The molecule has 1 fully saturated rings. The molecule has 0 N–H and O–H groups in total. The third-order valence-corrected chi connectivity index (χ3v) is 3.76. The van der Waals surface area contributed by atoms with Crippen molar-refractivity contribution in [2.24, 2.45) is 0 Å². The number of carbonyl (C=O) groups excluding carboxylic acids is 1. The van der Waals surface area contributed by atoms with E-state index >= 15 is 0 Å². The number of carbonyl (C=O) groups is 1. The topological polar surface area (TPSA) is 40.9 Å². The van der Waals surface area contributed by atoms with Crippen molar-refractivity contribution in [3.63, 3.8) is 0 Å². The standard InChI is InChI=1S/C13H12ClNO/c14-12(16)13(7-3-4-8-13)11-6-2-1-5-10(11)9-15/h1-2,5-6H,3-4,7-8H2. The summed E-state index contributed by atoms with van der Waals surface area (Å²) in [7, 11) is 0. The molecular weight excluding hydrogens is 222 g/mol. The first-order valence-corrected chi connectivity index (χ1v) is 5.78. The summed E-state index contributed by atoms with van der Waals surface area (Å²) in [5.41, 5.74) is 0.752. The molecule has 1 aromatic carbocycles. The third kappa shape index (κ3) is 1.62. The van der Waals surface area contributed by atoms with Gasteiger partial charge in [0.05, 0.1) is 17.0 Å². The van der Waals surface area contributed by atoms with Crippen LogP contribution in [0.2, 0.25) is 0 Å². The van der Waals surface area contributed by atoms with Crippen LogP contribution >= 0.6 is 11.6 Å². The zero-order valence-electron chi connectivity index (χ0n) is 8.87. The lowest BCUT2D eigenvalue weighted by Gasteiger charge is -2.25. The van der Waals surface area contributed by atoms with E-state index in [0.717, 1.165) is 31.2 Å². The lowest BCUT2D eigenvalue weighted by atomic mass is 9.78. The Labute approximate surface area is 99.8 Å². The molecule has 0 bridgehead atoms. The average Bonchev–Trinajstić information content (AvgIpc) is 2.79. The van der Waals surface area contributed by atoms with Gasteiger partial charge in [0.2, 0.25) is 5.24 Å². The number of rotatable bonds is 2. The van der Waals surface area contributed by atoms with Crippen molar-refractivity contribution < 1.29 is 4.79 Å². The summed E-state index contributed by atoms with van der Waals surface area (Å²) in [6, 6.07) is 9.40. The maximum absolute atomic E-state index is 11.7. The van der Waals surface area contributed by atoms with Crippen LogP contribution < -0.4 is 0 Å². The SMILES string of the molecule is N#Cc1ccccc1C1(C(=O)Cl)CCCC1. The van der Waals surface area contributed by atoms with Crippen LogP contribution in [0.4, 0.5) is 0 Å². The minimum atomic E-state index is -0.617. The van der Waals surface area contributed by atoms with E-state index < -0.39 is 5.41 Å². The monoisotopic (exact) mass is 233 g/mol. The summed E-state index contributed by atoms with van der Waals surface area (Å²) in [6.07, 6.45) is 3.51. The van der Waals surface area contributed by atoms with Crippen LogP contribution in [-0.2, 0) is 10.2 Å². The van der Waals surface area contributed by atoms with Crippen molar-refractivity contribution in [2.75, 3.05) is 0 Å². The molecule has 2 rings (SSSR count). The molecule has 16 heavy (non-hydrogen) atoms. The number of nitrogens with zero attached hydrogens (tertiary/aromatic N) is 1. The van der Waals surface area contributed by atoms with E-state index in [-0.39, 0.29) is 5.24 Å². The lowest BCUT2D eigenvalue weighted by molar-refractivity contribution is -0.116. The molecule has 0 saturated heterocycles. The van der Waals surface area contributed by atoms with Crippen molar-refractivity contribution >= 4 is 16.8 Å². The number of hydrogen-bond donors (Lipinski definition) is 0. The Morgan fingerprint density at radius 2 is 1.94 bits per heavy atom. The number of halogens is 1. The van der Waals surface area contributed by atoms with E-state index in [9.17, 15) is 4.79 Å². The van der Waals surface area contributed by atoms with E-state index in [1.807, 2.05) is 18.2 Å². The highest BCUT2D eigenvalue weighted by molar-refractivity contribution is 6.65. The van der Waals surface area contributed by atoms with Gasteiger partial charge >= 0.3 is 0 Å². The molecule has 0 spiro atoms. The van der Waals surface area contributed by atoms with Crippen LogP contribution in [0, 0.1) is 11.3 Å². The van der Waals surface area contributed by atoms with Crippen molar-refractivity contribution in [3.05, 3.63) is 35.4 Å². The molecule has 0 heterocycles. The first-order valence-electron chi connectivity index (χ1n) is 5.40. The van der Waals surface area contributed by atoms with Gasteiger partial charge in [0.1, 0.15) is 0 Å². The fraction of sp³-hybridized carbons (Fsp3) is 0.385. The molecule has 0 atom stereocenters. The molecule has 82 valence electrons. The van der Waals surface area contributed by atoms with E-state index in [2.05, 4.69) is 6.07 Å². The predicted molar refractivity (Wildman–Crippen MR) is 62.2 cm³/mol. The first-order chi connectivity index (χ1) is 7.70. The summed E-state index contributed by atoms with van der Waals surface area (Å²) in [5, 5.41) is 8.74. The highest BCUT2D eigenvalue weighted by Gasteiger charge is 2.42. The highest BCUT2D eigenvalue weighted by Crippen LogP contribution is 2.43. The van der Waals surface area contributed by atoms with Gasteiger partial charge in [-0.15, -0.1) is 0 Å². The van der Waals surface area contributed by atoms with Crippen LogP contribution in [0.1, 0.15) is 36.8 Å². The Balaban J connectivity index is 2.56. The number of nitriles is 1. The van der Waals surface area contributed by atoms with Gasteiger partial charge in [0, 0.05) is 0 Å². The van der Waals surface area contributed by atoms with Gasteiger partial charge in [0.15, 0.2) is 0 Å². The summed E-state index contributed by atoms with van der Waals surface area (Å²) in [5.74, 6) is 0. The van der Waals surface area contributed by atoms with E-state index in [0.29, 0.717) is 5.56 Å². The van der Waals surface area contributed by atoms with Gasteiger partial charge in [-0.05, 0) is 36.1 Å². The van der Waals surface area contributed by atoms with Gasteiger partial charge in [-0.25, -0.2) is 0 Å². The summed E-state index contributed by atoms with van der Waals surface area (Å²) < 4.78 is 0. The fourth-order valence-electron chi connectivity index (χ4n) is 2.55. The van der Waals surface area contributed by atoms with Crippen molar-refractivity contribution in [3.8, 4) is 6.07 Å². The zero-order chi connectivity index (χ0) is 11.6. The second kappa shape index (κ2) is 4.27. The largest absolute Gasteiger partial charge is 0.280 e. The highest BCUT2D eigenvalue weighted by atomic mass is 35.5. The van der Waals surface area contributed by atoms with Crippen LogP contribution in [0.3, 0.4) is 0 Å². The van der Waals surface area contributed by atoms with Gasteiger partial charge in [-0.1, -0.05) is 31.0 Å². The second-order valence-electron chi connectivity index (χ2n) is 4.22. The molecule has 0 unspecified atom stereocenters. The molecule has 0 amide bonds. The molecule has 1 aromatic rings. The lowest BCUT2D eigenvalue weighted by Crippen LogP contribution is -2.30. The quantitative estimate of drug-likeness (QED) is 0.737. The number of hydrogen-bond acceptors (Lipinski definition) is 2. The smallest absolute Gasteiger partial charge is 0.232 e. The molecule has 2 nitrogen and oxygen atoms in total. The molecule has 0 radical (unpaired) electrons.